The van der Waals surface area contributed by atoms with Crippen molar-refractivity contribution in [2.24, 2.45) is 0 Å². The summed E-state index contributed by atoms with van der Waals surface area (Å²) in [5.41, 5.74) is 0.811. The molecule has 0 bridgehead atoms. The number of nitrogens with zero attached hydrogens (tertiary/aromatic N) is 1. The number of benzene rings is 1. The van der Waals surface area contributed by atoms with E-state index < -0.39 is 16.1 Å². The fourth-order valence-corrected chi connectivity index (χ4v) is 6.30. The highest BCUT2D eigenvalue weighted by molar-refractivity contribution is 7.91. The van der Waals surface area contributed by atoms with Crippen molar-refractivity contribution in [3.63, 3.8) is 0 Å². The number of ether oxygens (including phenoxy) is 2. The van der Waals surface area contributed by atoms with Crippen LogP contribution in [-0.2, 0) is 21.4 Å². The van der Waals surface area contributed by atoms with Crippen molar-refractivity contribution in [2.45, 2.75) is 36.6 Å². The lowest BCUT2D eigenvalue weighted by Crippen LogP contribution is -2.45. The quantitative estimate of drug-likeness (QED) is 0.738. The third-order valence-electron chi connectivity index (χ3n) is 4.66. The number of sulfonamides is 1. The Morgan fingerprint density at radius 1 is 1.21 bits per heavy atom. The maximum absolute atomic E-state index is 12.9. The summed E-state index contributed by atoms with van der Waals surface area (Å²) in [6.45, 7) is 2.47. The first-order chi connectivity index (χ1) is 13.3. The number of carbonyl (C=O) groups excluding carboxylic acids is 1. The fourth-order valence-electron chi connectivity index (χ4n) is 3.23. The minimum atomic E-state index is -3.67. The highest BCUT2D eigenvalue weighted by Gasteiger charge is 2.39. The number of methoxy groups -OCH3 is 2. The molecule has 0 saturated carbocycles. The molecule has 7 nitrogen and oxygen atoms in total. The summed E-state index contributed by atoms with van der Waals surface area (Å²) in [4.78, 5) is 13.7. The SMILES string of the molecule is COc1cc(CNC(=O)[C@@H]2CCCN2S(=O)(=O)c2ccc(C)s2)cc(OC)c1. The number of hydrogen-bond donors (Lipinski definition) is 1. The predicted octanol–water partition coefficient (Wildman–Crippen LogP) is 2.54. The lowest BCUT2D eigenvalue weighted by molar-refractivity contribution is -0.124. The van der Waals surface area contributed by atoms with E-state index in [9.17, 15) is 13.2 Å². The van der Waals surface area contributed by atoms with E-state index in [-0.39, 0.29) is 16.7 Å². The molecule has 1 amide bonds. The van der Waals surface area contributed by atoms with Gasteiger partial charge in [0.05, 0.1) is 14.2 Å². The van der Waals surface area contributed by atoms with E-state index in [1.165, 1.54) is 15.6 Å². The molecule has 1 aliphatic heterocycles. The summed E-state index contributed by atoms with van der Waals surface area (Å²) in [6, 6.07) is 8.05. The second-order valence-electron chi connectivity index (χ2n) is 6.58. The van der Waals surface area contributed by atoms with E-state index in [1.54, 1.807) is 44.6 Å². The molecule has 1 atom stereocenters. The van der Waals surface area contributed by atoms with Crippen molar-refractivity contribution in [2.75, 3.05) is 20.8 Å². The Kier molecular flexibility index (Phi) is 6.26. The molecule has 1 saturated heterocycles. The van der Waals surface area contributed by atoms with Crippen molar-refractivity contribution in [1.82, 2.24) is 9.62 Å². The number of hydrogen-bond acceptors (Lipinski definition) is 6. The molecule has 0 spiro atoms. The molecular formula is C19H24N2O5S2. The summed E-state index contributed by atoms with van der Waals surface area (Å²) >= 11 is 1.22. The maximum Gasteiger partial charge on any atom is 0.253 e. The molecule has 0 unspecified atom stereocenters. The van der Waals surface area contributed by atoms with Gasteiger partial charge in [-0.05, 0) is 49.6 Å². The Balaban J connectivity index is 1.72. The Labute approximate surface area is 169 Å². The lowest BCUT2D eigenvalue weighted by atomic mass is 10.1. The monoisotopic (exact) mass is 424 g/mol. The average Bonchev–Trinajstić information content (AvgIpc) is 3.35. The van der Waals surface area contributed by atoms with Crippen LogP contribution in [0.5, 0.6) is 11.5 Å². The molecule has 1 aromatic carbocycles. The summed E-state index contributed by atoms with van der Waals surface area (Å²) < 4.78 is 37.9. The Morgan fingerprint density at radius 3 is 2.46 bits per heavy atom. The zero-order valence-electron chi connectivity index (χ0n) is 16.1. The zero-order valence-corrected chi connectivity index (χ0v) is 17.7. The molecule has 28 heavy (non-hydrogen) atoms. The highest BCUT2D eigenvalue weighted by atomic mass is 32.2. The molecule has 1 aromatic heterocycles. The highest BCUT2D eigenvalue weighted by Crippen LogP contribution is 2.30. The zero-order chi connectivity index (χ0) is 20.3. The topological polar surface area (TPSA) is 84.9 Å². The second-order valence-corrected chi connectivity index (χ2v) is 9.98. The van der Waals surface area contributed by atoms with Gasteiger partial charge in [-0.25, -0.2) is 8.42 Å². The van der Waals surface area contributed by atoms with Gasteiger partial charge in [-0.1, -0.05) is 0 Å². The third kappa shape index (κ3) is 4.31. The first kappa shape index (κ1) is 20.6. The van der Waals surface area contributed by atoms with Gasteiger partial charge < -0.3 is 14.8 Å². The summed E-state index contributed by atoms with van der Waals surface area (Å²) in [7, 11) is -0.545. The smallest absolute Gasteiger partial charge is 0.253 e. The van der Waals surface area contributed by atoms with Gasteiger partial charge in [-0.15, -0.1) is 11.3 Å². The van der Waals surface area contributed by atoms with Gasteiger partial charge in [0.1, 0.15) is 21.8 Å². The average molecular weight is 425 g/mol. The third-order valence-corrected chi connectivity index (χ3v) is 8.04. The van der Waals surface area contributed by atoms with Crippen molar-refractivity contribution < 1.29 is 22.7 Å². The van der Waals surface area contributed by atoms with E-state index in [4.69, 9.17) is 9.47 Å². The Morgan fingerprint density at radius 2 is 1.89 bits per heavy atom. The van der Waals surface area contributed by atoms with Crippen molar-refractivity contribution in [1.29, 1.82) is 0 Å². The van der Waals surface area contributed by atoms with Crippen LogP contribution in [0.15, 0.2) is 34.5 Å². The van der Waals surface area contributed by atoms with Crippen LogP contribution in [0.3, 0.4) is 0 Å². The van der Waals surface area contributed by atoms with Gasteiger partial charge in [0.25, 0.3) is 10.0 Å². The summed E-state index contributed by atoms with van der Waals surface area (Å²) in [6.07, 6.45) is 1.17. The van der Waals surface area contributed by atoms with Crippen LogP contribution in [0.4, 0.5) is 0 Å². The first-order valence-corrected chi connectivity index (χ1v) is 11.2. The molecule has 2 heterocycles. The number of rotatable bonds is 7. The molecule has 1 fully saturated rings. The van der Waals surface area contributed by atoms with Crippen LogP contribution in [0.1, 0.15) is 23.3 Å². The molecule has 0 radical (unpaired) electrons. The normalized spacial score (nSPS) is 17.5. The molecule has 0 aliphatic carbocycles. The van der Waals surface area contributed by atoms with Crippen molar-refractivity contribution in [3.8, 4) is 11.5 Å². The van der Waals surface area contributed by atoms with Crippen LogP contribution in [0, 0.1) is 6.92 Å². The number of nitrogens with one attached hydrogen (secondary N) is 1. The minimum Gasteiger partial charge on any atom is -0.497 e. The van der Waals surface area contributed by atoms with Gasteiger partial charge in [0.2, 0.25) is 5.91 Å². The summed E-state index contributed by atoms with van der Waals surface area (Å²) in [5, 5.41) is 2.85. The van der Waals surface area contributed by atoms with Gasteiger partial charge in [0.15, 0.2) is 0 Å². The van der Waals surface area contributed by atoms with Crippen molar-refractivity contribution >= 4 is 27.3 Å². The standard InChI is InChI=1S/C19H24N2O5S2/c1-13-6-7-18(27-13)28(23,24)21-8-4-5-17(21)19(22)20-12-14-9-15(25-2)11-16(10-14)26-3/h6-7,9-11,17H,4-5,8,12H2,1-3H3,(H,20,22)/t17-/m0/s1. The maximum atomic E-state index is 12.9. The van der Waals surface area contributed by atoms with Crippen LogP contribution in [0.25, 0.3) is 0 Å². The fraction of sp³-hybridized carbons (Fsp3) is 0.421. The van der Waals surface area contributed by atoms with Gasteiger partial charge in [0, 0.05) is 24.0 Å². The molecule has 2 aromatic rings. The Hall–Kier alpha value is -2.10. The number of thiophene rings is 1. The minimum absolute atomic E-state index is 0.259. The molecule has 1 N–H and O–H groups in total. The van der Waals surface area contributed by atoms with E-state index in [1.807, 2.05) is 6.92 Å². The van der Waals surface area contributed by atoms with E-state index in [2.05, 4.69) is 5.32 Å². The molecule has 152 valence electrons. The van der Waals surface area contributed by atoms with Gasteiger partial charge >= 0.3 is 0 Å². The van der Waals surface area contributed by atoms with E-state index in [0.717, 1.165) is 10.4 Å². The first-order valence-electron chi connectivity index (χ1n) is 8.93. The van der Waals surface area contributed by atoms with Gasteiger partial charge in [-0.3, -0.25) is 4.79 Å². The van der Waals surface area contributed by atoms with Crippen LogP contribution in [0.2, 0.25) is 0 Å². The van der Waals surface area contributed by atoms with Crippen LogP contribution >= 0.6 is 11.3 Å². The van der Waals surface area contributed by atoms with E-state index >= 15 is 0 Å². The number of carbonyl (C=O) groups is 1. The van der Waals surface area contributed by atoms with Crippen LogP contribution in [-0.4, -0.2) is 45.4 Å². The lowest BCUT2D eigenvalue weighted by Gasteiger charge is -2.22. The summed E-state index contributed by atoms with van der Waals surface area (Å²) in [5.74, 6) is 0.958. The van der Waals surface area contributed by atoms with E-state index in [0.29, 0.717) is 30.9 Å². The van der Waals surface area contributed by atoms with Crippen molar-refractivity contribution in [3.05, 3.63) is 40.8 Å². The number of amides is 1. The van der Waals surface area contributed by atoms with Crippen LogP contribution < -0.4 is 14.8 Å². The predicted molar refractivity (Wildman–Crippen MR) is 107 cm³/mol. The number of aryl methyl sites for hydroxylation is 1. The second kappa shape index (κ2) is 8.50. The molecule has 3 rings (SSSR count). The largest absolute Gasteiger partial charge is 0.497 e. The molecule has 1 aliphatic rings. The molecular weight excluding hydrogens is 400 g/mol. The Bertz CT molecular complexity index is 933. The van der Waals surface area contributed by atoms with Gasteiger partial charge in [-0.2, -0.15) is 4.31 Å². The molecule has 9 heteroatoms.